The highest BCUT2D eigenvalue weighted by molar-refractivity contribution is 5.91. The maximum absolute atomic E-state index is 12.1. The van der Waals surface area contributed by atoms with Crippen LogP contribution in [0.3, 0.4) is 0 Å². The molecule has 0 atom stereocenters. The Morgan fingerprint density at radius 3 is 2.40 bits per heavy atom. The van der Waals surface area contributed by atoms with E-state index in [2.05, 4.69) is 0 Å². The monoisotopic (exact) mass is 340 g/mol. The van der Waals surface area contributed by atoms with Gasteiger partial charge in [-0.15, -0.1) is 0 Å². The average Bonchev–Trinajstić information content (AvgIpc) is 2.61. The van der Waals surface area contributed by atoms with Gasteiger partial charge in [-0.2, -0.15) is 0 Å². The molecule has 130 valence electrons. The standard InChI is InChI=1S/C19H20N2O4/c1-15-3-10-18(11-4-15)25-14-13-20(2)19(22)12-7-16-5-8-17(9-6-16)21(23)24/h3-12H,13-14H2,1-2H3/b12-7+. The van der Waals surface area contributed by atoms with Gasteiger partial charge in [-0.05, 0) is 42.8 Å². The minimum atomic E-state index is -0.458. The summed E-state index contributed by atoms with van der Waals surface area (Å²) in [5, 5.41) is 10.6. The number of nitrogens with zero attached hydrogens (tertiary/aromatic N) is 2. The van der Waals surface area contributed by atoms with Gasteiger partial charge < -0.3 is 9.64 Å². The largest absolute Gasteiger partial charge is 0.492 e. The fourth-order valence-electron chi connectivity index (χ4n) is 2.05. The highest BCUT2D eigenvalue weighted by Crippen LogP contribution is 2.13. The molecule has 0 saturated carbocycles. The number of likely N-dealkylation sites (N-methyl/N-ethyl adjacent to an activating group) is 1. The summed E-state index contributed by atoms with van der Waals surface area (Å²) >= 11 is 0. The van der Waals surface area contributed by atoms with Crippen LogP contribution in [0.25, 0.3) is 6.08 Å². The number of non-ortho nitro benzene ring substituents is 1. The van der Waals surface area contributed by atoms with Gasteiger partial charge in [0.25, 0.3) is 5.69 Å². The number of ether oxygens (including phenoxy) is 1. The predicted octanol–water partition coefficient (Wildman–Crippen LogP) is 3.45. The van der Waals surface area contributed by atoms with E-state index < -0.39 is 4.92 Å². The van der Waals surface area contributed by atoms with E-state index in [9.17, 15) is 14.9 Å². The van der Waals surface area contributed by atoms with Crippen molar-refractivity contribution in [2.75, 3.05) is 20.2 Å². The lowest BCUT2D eigenvalue weighted by molar-refractivity contribution is -0.384. The van der Waals surface area contributed by atoms with E-state index >= 15 is 0 Å². The molecule has 2 rings (SSSR count). The van der Waals surface area contributed by atoms with Crippen molar-refractivity contribution >= 4 is 17.7 Å². The van der Waals surface area contributed by atoms with Crippen LogP contribution >= 0.6 is 0 Å². The fourth-order valence-corrected chi connectivity index (χ4v) is 2.05. The van der Waals surface area contributed by atoms with Gasteiger partial charge in [0.1, 0.15) is 12.4 Å². The van der Waals surface area contributed by atoms with Crippen molar-refractivity contribution in [3.63, 3.8) is 0 Å². The first-order valence-corrected chi connectivity index (χ1v) is 7.83. The molecule has 0 aliphatic heterocycles. The molecule has 6 nitrogen and oxygen atoms in total. The predicted molar refractivity (Wildman–Crippen MR) is 96.4 cm³/mol. The molecule has 0 aromatic heterocycles. The topological polar surface area (TPSA) is 72.7 Å². The van der Waals surface area contributed by atoms with Crippen molar-refractivity contribution in [2.24, 2.45) is 0 Å². The minimum Gasteiger partial charge on any atom is -0.492 e. The smallest absolute Gasteiger partial charge is 0.269 e. The van der Waals surface area contributed by atoms with Crippen LogP contribution in [0.4, 0.5) is 5.69 Å². The van der Waals surface area contributed by atoms with E-state index in [0.29, 0.717) is 13.2 Å². The number of benzene rings is 2. The summed E-state index contributed by atoms with van der Waals surface area (Å²) in [6.45, 7) is 2.86. The zero-order chi connectivity index (χ0) is 18.2. The first-order chi connectivity index (χ1) is 12.0. The van der Waals surface area contributed by atoms with Crippen LogP contribution < -0.4 is 4.74 Å². The number of nitro benzene ring substituents is 1. The Balaban J connectivity index is 1.80. The van der Waals surface area contributed by atoms with Crippen molar-refractivity contribution in [3.8, 4) is 5.75 Å². The Labute approximate surface area is 146 Å². The van der Waals surface area contributed by atoms with Crippen LogP contribution in [-0.4, -0.2) is 35.9 Å². The summed E-state index contributed by atoms with van der Waals surface area (Å²) in [6.07, 6.45) is 3.07. The lowest BCUT2D eigenvalue weighted by Gasteiger charge is -2.15. The normalized spacial score (nSPS) is 10.6. The molecule has 2 aromatic carbocycles. The van der Waals surface area contributed by atoms with Crippen LogP contribution in [0, 0.1) is 17.0 Å². The molecule has 0 saturated heterocycles. The summed E-state index contributed by atoms with van der Waals surface area (Å²) in [6, 6.07) is 13.7. The molecular weight excluding hydrogens is 320 g/mol. The van der Waals surface area contributed by atoms with Crippen molar-refractivity contribution < 1.29 is 14.5 Å². The van der Waals surface area contributed by atoms with Crippen molar-refractivity contribution in [3.05, 3.63) is 75.8 Å². The molecule has 0 heterocycles. The second-order valence-corrected chi connectivity index (χ2v) is 5.60. The van der Waals surface area contributed by atoms with Crippen LogP contribution in [0.15, 0.2) is 54.6 Å². The Hall–Kier alpha value is -3.15. The molecule has 25 heavy (non-hydrogen) atoms. The lowest BCUT2D eigenvalue weighted by atomic mass is 10.2. The molecule has 0 unspecified atom stereocenters. The summed E-state index contributed by atoms with van der Waals surface area (Å²) in [7, 11) is 1.70. The van der Waals surface area contributed by atoms with Gasteiger partial charge in [0.2, 0.25) is 5.91 Å². The number of aryl methyl sites for hydroxylation is 1. The Morgan fingerprint density at radius 2 is 1.80 bits per heavy atom. The van der Waals surface area contributed by atoms with Gasteiger partial charge in [0.15, 0.2) is 0 Å². The Kier molecular flexibility index (Phi) is 6.28. The number of carbonyl (C=O) groups is 1. The highest BCUT2D eigenvalue weighted by Gasteiger charge is 2.06. The molecule has 0 radical (unpaired) electrons. The van der Waals surface area contributed by atoms with Gasteiger partial charge in [0, 0.05) is 25.3 Å². The first-order valence-electron chi connectivity index (χ1n) is 7.83. The molecule has 0 spiro atoms. The van der Waals surface area contributed by atoms with E-state index in [1.54, 1.807) is 30.2 Å². The number of hydrogen-bond donors (Lipinski definition) is 0. The third kappa shape index (κ3) is 5.76. The zero-order valence-corrected chi connectivity index (χ0v) is 14.2. The molecule has 0 fully saturated rings. The molecule has 0 bridgehead atoms. The summed E-state index contributed by atoms with van der Waals surface area (Å²) < 4.78 is 5.60. The highest BCUT2D eigenvalue weighted by atomic mass is 16.6. The minimum absolute atomic E-state index is 0.0221. The second-order valence-electron chi connectivity index (χ2n) is 5.60. The van der Waals surface area contributed by atoms with Crippen molar-refractivity contribution in [1.82, 2.24) is 4.90 Å². The summed E-state index contributed by atoms with van der Waals surface area (Å²) in [5.41, 5.74) is 1.91. The Morgan fingerprint density at radius 1 is 1.16 bits per heavy atom. The van der Waals surface area contributed by atoms with Crippen LogP contribution in [0.1, 0.15) is 11.1 Å². The molecule has 0 aliphatic carbocycles. The maximum atomic E-state index is 12.1. The SMILES string of the molecule is Cc1ccc(OCCN(C)C(=O)/C=C/c2ccc([N+](=O)[O-])cc2)cc1. The van der Waals surface area contributed by atoms with Gasteiger partial charge in [-0.3, -0.25) is 14.9 Å². The van der Waals surface area contributed by atoms with Crippen LogP contribution in [-0.2, 0) is 4.79 Å². The molecule has 6 heteroatoms. The molecule has 0 aliphatic rings. The Bertz CT molecular complexity index is 752. The van der Waals surface area contributed by atoms with Crippen LogP contribution in [0.5, 0.6) is 5.75 Å². The van der Waals surface area contributed by atoms with Gasteiger partial charge in [-0.1, -0.05) is 17.7 Å². The number of hydrogen-bond acceptors (Lipinski definition) is 4. The zero-order valence-electron chi connectivity index (χ0n) is 14.2. The van der Waals surface area contributed by atoms with Crippen LogP contribution in [0.2, 0.25) is 0 Å². The van der Waals surface area contributed by atoms with E-state index in [0.717, 1.165) is 16.9 Å². The second kappa shape index (κ2) is 8.63. The molecule has 1 amide bonds. The summed E-state index contributed by atoms with van der Waals surface area (Å²) in [4.78, 5) is 23.7. The number of amides is 1. The third-order valence-corrected chi connectivity index (χ3v) is 3.61. The van der Waals surface area contributed by atoms with Gasteiger partial charge >= 0.3 is 0 Å². The van der Waals surface area contributed by atoms with E-state index in [1.165, 1.54) is 18.2 Å². The quantitative estimate of drug-likeness (QED) is 0.440. The van der Waals surface area contributed by atoms with E-state index in [1.807, 2.05) is 31.2 Å². The number of nitro groups is 1. The van der Waals surface area contributed by atoms with Crippen molar-refractivity contribution in [1.29, 1.82) is 0 Å². The van der Waals surface area contributed by atoms with E-state index in [4.69, 9.17) is 4.74 Å². The molecule has 2 aromatic rings. The summed E-state index contributed by atoms with van der Waals surface area (Å²) in [5.74, 6) is 0.610. The maximum Gasteiger partial charge on any atom is 0.269 e. The van der Waals surface area contributed by atoms with E-state index in [-0.39, 0.29) is 11.6 Å². The van der Waals surface area contributed by atoms with Gasteiger partial charge in [0.05, 0.1) is 11.5 Å². The number of rotatable bonds is 7. The lowest BCUT2D eigenvalue weighted by Crippen LogP contribution is -2.29. The third-order valence-electron chi connectivity index (χ3n) is 3.61. The molecule has 0 N–H and O–H groups in total. The average molecular weight is 340 g/mol. The fraction of sp³-hybridized carbons (Fsp3) is 0.211. The number of carbonyl (C=O) groups excluding carboxylic acids is 1. The van der Waals surface area contributed by atoms with Gasteiger partial charge in [-0.25, -0.2) is 0 Å². The molecular formula is C19H20N2O4. The van der Waals surface area contributed by atoms with Crippen molar-refractivity contribution in [2.45, 2.75) is 6.92 Å². The first kappa shape index (κ1) is 18.2.